The van der Waals surface area contributed by atoms with Gasteiger partial charge in [-0.25, -0.2) is 4.39 Å². The number of pyridine rings is 1. The summed E-state index contributed by atoms with van der Waals surface area (Å²) in [5.74, 6) is -0.394. The standard InChI is InChI=1S/C26H22F7NO2/c1-14(16-11-17(25(28,29)30)13-18(12-16)26(31,32)33)36-22-8-7-20-21(35-2)9-10-34-24(20)23(22)15-3-5-19(27)6-4-15/h3-6,9-14,22-23H,7-8H2,1-2H3. The molecule has 3 atom stereocenters. The summed E-state index contributed by atoms with van der Waals surface area (Å²) in [6, 6.07) is 8.79. The van der Waals surface area contributed by atoms with Gasteiger partial charge in [0.25, 0.3) is 0 Å². The Balaban J connectivity index is 1.73. The molecule has 10 heteroatoms. The third-order valence-corrected chi connectivity index (χ3v) is 6.30. The molecule has 0 bridgehead atoms. The normalized spacial score (nSPS) is 19.0. The Morgan fingerprint density at radius 2 is 1.53 bits per heavy atom. The predicted molar refractivity (Wildman–Crippen MR) is 117 cm³/mol. The van der Waals surface area contributed by atoms with Crippen molar-refractivity contribution in [2.45, 2.75) is 50.2 Å². The van der Waals surface area contributed by atoms with E-state index in [4.69, 9.17) is 9.47 Å². The topological polar surface area (TPSA) is 31.4 Å². The van der Waals surface area contributed by atoms with E-state index in [1.54, 1.807) is 24.4 Å². The third-order valence-electron chi connectivity index (χ3n) is 6.30. The number of methoxy groups -OCH3 is 1. The van der Waals surface area contributed by atoms with Crippen molar-refractivity contribution in [1.29, 1.82) is 0 Å². The number of alkyl halides is 6. The summed E-state index contributed by atoms with van der Waals surface area (Å²) in [6.07, 6.45) is -9.27. The highest BCUT2D eigenvalue weighted by Crippen LogP contribution is 2.43. The molecule has 1 aliphatic carbocycles. The second-order valence-corrected chi connectivity index (χ2v) is 8.60. The van der Waals surface area contributed by atoms with E-state index in [9.17, 15) is 30.7 Å². The van der Waals surface area contributed by atoms with Gasteiger partial charge >= 0.3 is 12.4 Å². The highest BCUT2D eigenvalue weighted by atomic mass is 19.4. The molecule has 1 heterocycles. The maximum Gasteiger partial charge on any atom is 0.416 e. The maximum absolute atomic E-state index is 13.6. The van der Waals surface area contributed by atoms with Crippen LogP contribution in [0.1, 0.15) is 58.9 Å². The van der Waals surface area contributed by atoms with Crippen LogP contribution in [0.5, 0.6) is 5.75 Å². The van der Waals surface area contributed by atoms with Crippen LogP contribution in [0.3, 0.4) is 0 Å². The first-order valence-electron chi connectivity index (χ1n) is 11.1. The van der Waals surface area contributed by atoms with Crippen LogP contribution in [-0.2, 0) is 23.5 Å². The van der Waals surface area contributed by atoms with Gasteiger partial charge in [-0.2, -0.15) is 26.3 Å². The van der Waals surface area contributed by atoms with Crippen molar-refractivity contribution in [3.63, 3.8) is 0 Å². The average Bonchev–Trinajstić information content (AvgIpc) is 2.82. The molecule has 0 saturated carbocycles. The number of fused-ring (bicyclic) bond motifs is 1. The van der Waals surface area contributed by atoms with Gasteiger partial charge in [-0.1, -0.05) is 12.1 Å². The second kappa shape index (κ2) is 9.72. The SMILES string of the molecule is COc1ccnc2c1CCC(OC(C)c1cc(C(F)(F)F)cc(C(F)(F)F)c1)C2c1ccc(F)cc1. The van der Waals surface area contributed by atoms with E-state index in [0.717, 1.165) is 5.56 Å². The lowest BCUT2D eigenvalue weighted by Crippen LogP contribution is -2.31. The average molecular weight is 513 g/mol. The van der Waals surface area contributed by atoms with E-state index in [0.29, 0.717) is 42.0 Å². The fourth-order valence-electron chi connectivity index (χ4n) is 4.57. The van der Waals surface area contributed by atoms with Gasteiger partial charge in [0, 0.05) is 11.8 Å². The van der Waals surface area contributed by atoms with E-state index in [1.165, 1.54) is 26.2 Å². The van der Waals surface area contributed by atoms with E-state index in [-0.39, 0.29) is 11.6 Å². The number of halogens is 7. The first kappa shape index (κ1) is 25.9. The predicted octanol–water partition coefficient (Wildman–Crippen LogP) is 7.49. The Morgan fingerprint density at radius 3 is 2.08 bits per heavy atom. The van der Waals surface area contributed by atoms with Crippen LogP contribution in [-0.4, -0.2) is 18.2 Å². The van der Waals surface area contributed by atoms with Crippen LogP contribution in [0, 0.1) is 5.82 Å². The first-order valence-corrected chi connectivity index (χ1v) is 11.1. The van der Waals surface area contributed by atoms with Crippen molar-refractivity contribution >= 4 is 0 Å². The Labute approximate surface area is 202 Å². The smallest absolute Gasteiger partial charge is 0.416 e. The first-order chi connectivity index (χ1) is 16.9. The lowest BCUT2D eigenvalue weighted by atomic mass is 9.79. The summed E-state index contributed by atoms with van der Waals surface area (Å²) >= 11 is 0. The number of benzene rings is 2. The number of rotatable bonds is 5. The maximum atomic E-state index is 13.6. The monoisotopic (exact) mass is 513 g/mol. The second-order valence-electron chi connectivity index (χ2n) is 8.60. The van der Waals surface area contributed by atoms with Crippen LogP contribution in [0.15, 0.2) is 54.7 Å². The molecular weight excluding hydrogens is 491 g/mol. The summed E-state index contributed by atoms with van der Waals surface area (Å²) in [7, 11) is 1.51. The van der Waals surface area contributed by atoms with Crippen molar-refractivity contribution in [1.82, 2.24) is 4.98 Å². The molecule has 1 aromatic heterocycles. The minimum Gasteiger partial charge on any atom is -0.496 e. The van der Waals surface area contributed by atoms with E-state index < -0.39 is 47.4 Å². The molecule has 0 radical (unpaired) electrons. The summed E-state index contributed by atoms with van der Waals surface area (Å²) in [5.41, 5.74) is -0.990. The highest BCUT2D eigenvalue weighted by molar-refractivity contribution is 5.44. The van der Waals surface area contributed by atoms with Gasteiger partial charge in [-0.15, -0.1) is 0 Å². The molecule has 192 valence electrons. The summed E-state index contributed by atoms with van der Waals surface area (Å²) in [5, 5.41) is 0. The fourth-order valence-corrected chi connectivity index (χ4v) is 4.57. The largest absolute Gasteiger partial charge is 0.496 e. The van der Waals surface area contributed by atoms with Crippen LogP contribution in [0.25, 0.3) is 0 Å². The number of ether oxygens (including phenoxy) is 2. The van der Waals surface area contributed by atoms with E-state index in [2.05, 4.69) is 4.98 Å². The fraction of sp³-hybridized carbons (Fsp3) is 0.346. The molecule has 3 aromatic rings. The van der Waals surface area contributed by atoms with E-state index >= 15 is 0 Å². The Morgan fingerprint density at radius 1 is 0.917 bits per heavy atom. The van der Waals surface area contributed by atoms with Gasteiger partial charge in [-0.3, -0.25) is 4.98 Å². The van der Waals surface area contributed by atoms with Crippen molar-refractivity contribution in [3.8, 4) is 5.75 Å². The molecule has 2 aromatic carbocycles. The molecule has 0 saturated heterocycles. The van der Waals surface area contributed by atoms with Crippen LogP contribution in [0.4, 0.5) is 30.7 Å². The molecule has 1 aliphatic rings. The number of nitrogens with zero attached hydrogens (tertiary/aromatic N) is 1. The Kier molecular flexibility index (Phi) is 7.01. The number of hydrogen-bond acceptors (Lipinski definition) is 3. The van der Waals surface area contributed by atoms with Crippen LogP contribution < -0.4 is 4.74 Å². The molecule has 0 aliphatic heterocycles. The Hall–Kier alpha value is -3.14. The van der Waals surface area contributed by atoms with Crippen molar-refractivity contribution < 1.29 is 40.2 Å². The minimum atomic E-state index is -4.96. The van der Waals surface area contributed by atoms with Crippen molar-refractivity contribution in [2.24, 2.45) is 0 Å². The van der Waals surface area contributed by atoms with Gasteiger partial charge in [0.1, 0.15) is 11.6 Å². The summed E-state index contributed by atoms with van der Waals surface area (Å²) in [4.78, 5) is 4.48. The lowest BCUT2D eigenvalue weighted by molar-refractivity contribution is -0.143. The quantitative estimate of drug-likeness (QED) is 0.331. The molecule has 0 N–H and O–H groups in total. The molecule has 0 amide bonds. The lowest BCUT2D eigenvalue weighted by Gasteiger charge is -2.35. The van der Waals surface area contributed by atoms with Crippen LogP contribution >= 0.6 is 0 Å². The van der Waals surface area contributed by atoms with Gasteiger partial charge in [-0.05, 0) is 67.3 Å². The molecule has 4 rings (SSSR count). The van der Waals surface area contributed by atoms with Gasteiger partial charge in [0.15, 0.2) is 0 Å². The van der Waals surface area contributed by atoms with E-state index in [1.807, 2.05) is 0 Å². The third kappa shape index (κ3) is 5.33. The summed E-state index contributed by atoms with van der Waals surface area (Å²) < 4.78 is 105. The number of aromatic nitrogens is 1. The molecule has 0 spiro atoms. The molecule has 0 fully saturated rings. The molecule has 3 nitrogen and oxygen atoms in total. The van der Waals surface area contributed by atoms with Gasteiger partial charge in [0.2, 0.25) is 0 Å². The highest BCUT2D eigenvalue weighted by Gasteiger charge is 2.39. The molecule has 3 unspecified atom stereocenters. The zero-order valence-corrected chi connectivity index (χ0v) is 19.3. The Bertz CT molecular complexity index is 1190. The summed E-state index contributed by atoms with van der Waals surface area (Å²) in [6.45, 7) is 1.41. The van der Waals surface area contributed by atoms with Crippen molar-refractivity contribution in [3.05, 3.63) is 94.1 Å². The molecule has 36 heavy (non-hydrogen) atoms. The number of hydrogen-bond donors (Lipinski definition) is 0. The molecular formula is C26H22F7NO2. The zero-order chi connectivity index (χ0) is 26.3. The van der Waals surface area contributed by atoms with Crippen LogP contribution in [0.2, 0.25) is 0 Å². The van der Waals surface area contributed by atoms with Crippen molar-refractivity contribution in [2.75, 3.05) is 7.11 Å². The minimum absolute atomic E-state index is 0.0879. The van der Waals surface area contributed by atoms with Gasteiger partial charge in [0.05, 0.1) is 42.1 Å². The van der Waals surface area contributed by atoms with Gasteiger partial charge < -0.3 is 9.47 Å². The zero-order valence-electron chi connectivity index (χ0n) is 19.3.